The van der Waals surface area contributed by atoms with E-state index in [4.69, 9.17) is 0 Å². The molecule has 0 aliphatic carbocycles. The minimum absolute atomic E-state index is 0.0178. The van der Waals surface area contributed by atoms with Crippen molar-refractivity contribution in [3.63, 3.8) is 0 Å². The molecule has 1 aliphatic heterocycles. The summed E-state index contributed by atoms with van der Waals surface area (Å²) in [5.74, 6) is 0.0178. The molecular formula is C13H12BrN3O. The fraction of sp³-hybridized carbons (Fsp3) is 0.231. The van der Waals surface area contributed by atoms with Crippen molar-refractivity contribution in [3.05, 3.63) is 46.2 Å². The first-order valence-corrected chi connectivity index (χ1v) is 6.53. The quantitative estimate of drug-likeness (QED) is 0.811. The third-order valence-electron chi connectivity index (χ3n) is 3.13. The van der Waals surface area contributed by atoms with E-state index in [2.05, 4.69) is 27.1 Å². The molecule has 1 amide bonds. The molecule has 4 nitrogen and oxygen atoms in total. The monoisotopic (exact) mass is 305 g/mol. The summed E-state index contributed by atoms with van der Waals surface area (Å²) in [7, 11) is 1.81. The van der Waals surface area contributed by atoms with Crippen LogP contribution in [0, 0.1) is 0 Å². The number of anilines is 1. The standard InChI is InChI=1S/C13H12BrN3O/c1-16-8-10(7-15-16)13(18)17-5-4-9-6-11(14)2-3-12(9)17/h2-3,6-8H,4-5H2,1H3. The van der Waals surface area contributed by atoms with Crippen molar-refractivity contribution in [2.75, 3.05) is 11.4 Å². The summed E-state index contributed by atoms with van der Waals surface area (Å²) in [4.78, 5) is 14.2. The Morgan fingerprint density at radius 2 is 2.28 bits per heavy atom. The fourth-order valence-electron chi connectivity index (χ4n) is 2.27. The van der Waals surface area contributed by atoms with Crippen molar-refractivity contribution >= 4 is 27.5 Å². The van der Waals surface area contributed by atoms with E-state index in [9.17, 15) is 4.79 Å². The van der Waals surface area contributed by atoms with Crippen LogP contribution in [-0.4, -0.2) is 22.2 Å². The number of hydrogen-bond donors (Lipinski definition) is 0. The number of hydrogen-bond acceptors (Lipinski definition) is 2. The number of carbonyl (C=O) groups is 1. The molecule has 0 saturated heterocycles. The molecule has 92 valence electrons. The van der Waals surface area contributed by atoms with Gasteiger partial charge in [0.2, 0.25) is 0 Å². The Hall–Kier alpha value is -1.62. The molecule has 0 fully saturated rings. The van der Waals surface area contributed by atoms with E-state index < -0.39 is 0 Å². The Bertz CT molecular complexity index is 620. The lowest BCUT2D eigenvalue weighted by Crippen LogP contribution is -2.28. The maximum absolute atomic E-state index is 12.4. The van der Waals surface area contributed by atoms with Crippen LogP contribution in [0.4, 0.5) is 5.69 Å². The largest absolute Gasteiger partial charge is 0.308 e. The number of carbonyl (C=O) groups excluding carboxylic acids is 1. The first-order chi connectivity index (χ1) is 8.65. The van der Waals surface area contributed by atoms with Gasteiger partial charge in [-0.3, -0.25) is 9.48 Å². The normalized spacial score (nSPS) is 13.8. The predicted octanol–water partition coefficient (Wildman–Crippen LogP) is 2.39. The van der Waals surface area contributed by atoms with Crippen LogP contribution in [0.3, 0.4) is 0 Å². The number of amides is 1. The van der Waals surface area contributed by atoms with Crippen LogP contribution in [-0.2, 0) is 13.5 Å². The van der Waals surface area contributed by atoms with Crippen LogP contribution < -0.4 is 4.90 Å². The Balaban J connectivity index is 1.95. The molecular weight excluding hydrogens is 294 g/mol. The minimum atomic E-state index is 0.0178. The smallest absolute Gasteiger partial charge is 0.261 e. The van der Waals surface area contributed by atoms with Crippen molar-refractivity contribution in [2.45, 2.75) is 6.42 Å². The summed E-state index contributed by atoms with van der Waals surface area (Å²) in [6, 6.07) is 6.03. The number of halogens is 1. The summed E-state index contributed by atoms with van der Waals surface area (Å²) < 4.78 is 2.70. The summed E-state index contributed by atoms with van der Waals surface area (Å²) in [6.07, 6.45) is 4.26. The van der Waals surface area contributed by atoms with Crippen molar-refractivity contribution in [1.82, 2.24) is 9.78 Å². The molecule has 5 heteroatoms. The van der Waals surface area contributed by atoms with Gasteiger partial charge in [0.15, 0.2) is 0 Å². The second-order valence-electron chi connectivity index (χ2n) is 4.38. The van der Waals surface area contributed by atoms with Crippen LogP contribution in [0.25, 0.3) is 0 Å². The van der Waals surface area contributed by atoms with Crippen LogP contribution >= 0.6 is 15.9 Å². The third kappa shape index (κ3) is 1.84. The molecule has 0 atom stereocenters. The molecule has 18 heavy (non-hydrogen) atoms. The predicted molar refractivity (Wildman–Crippen MR) is 72.7 cm³/mol. The van der Waals surface area contributed by atoms with Gasteiger partial charge in [-0.15, -0.1) is 0 Å². The highest BCUT2D eigenvalue weighted by atomic mass is 79.9. The molecule has 0 radical (unpaired) electrons. The van der Waals surface area contributed by atoms with E-state index in [1.807, 2.05) is 24.1 Å². The molecule has 1 aromatic carbocycles. The van der Waals surface area contributed by atoms with Crippen molar-refractivity contribution < 1.29 is 4.79 Å². The highest BCUT2D eigenvalue weighted by Crippen LogP contribution is 2.31. The maximum atomic E-state index is 12.4. The zero-order valence-corrected chi connectivity index (χ0v) is 11.5. The number of nitrogens with zero attached hydrogens (tertiary/aromatic N) is 3. The van der Waals surface area contributed by atoms with Crippen molar-refractivity contribution in [3.8, 4) is 0 Å². The number of rotatable bonds is 1. The summed E-state index contributed by atoms with van der Waals surface area (Å²) in [5.41, 5.74) is 2.85. The van der Waals surface area contributed by atoms with Gasteiger partial charge in [-0.05, 0) is 30.2 Å². The van der Waals surface area contributed by atoms with E-state index in [-0.39, 0.29) is 5.91 Å². The van der Waals surface area contributed by atoms with Gasteiger partial charge in [0.05, 0.1) is 11.8 Å². The number of aryl methyl sites for hydroxylation is 1. The van der Waals surface area contributed by atoms with Gasteiger partial charge in [0.1, 0.15) is 0 Å². The van der Waals surface area contributed by atoms with Crippen LogP contribution in [0.15, 0.2) is 35.1 Å². The number of aromatic nitrogens is 2. The van der Waals surface area contributed by atoms with Crippen LogP contribution in [0.2, 0.25) is 0 Å². The Morgan fingerprint density at radius 1 is 1.44 bits per heavy atom. The van der Waals surface area contributed by atoms with Gasteiger partial charge in [-0.1, -0.05) is 15.9 Å². The average Bonchev–Trinajstić information content (AvgIpc) is 2.94. The molecule has 2 aromatic rings. The summed E-state index contributed by atoms with van der Waals surface area (Å²) in [5, 5.41) is 4.04. The number of fused-ring (bicyclic) bond motifs is 1. The molecule has 0 unspecified atom stereocenters. The highest BCUT2D eigenvalue weighted by Gasteiger charge is 2.26. The Morgan fingerprint density at radius 3 is 3.00 bits per heavy atom. The van der Waals surface area contributed by atoms with Gasteiger partial charge < -0.3 is 4.90 Å². The molecule has 0 saturated carbocycles. The fourth-order valence-corrected chi connectivity index (χ4v) is 2.68. The van der Waals surface area contributed by atoms with Gasteiger partial charge in [-0.2, -0.15) is 5.10 Å². The van der Waals surface area contributed by atoms with E-state index >= 15 is 0 Å². The zero-order valence-electron chi connectivity index (χ0n) is 9.93. The van der Waals surface area contributed by atoms with E-state index in [1.54, 1.807) is 17.1 Å². The second kappa shape index (κ2) is 4.24. The molecule has 1 aromatic heterocycles. The SMILES string of the molecule is Cn1cc(C(=O)N2CCc3cc(Br)ccc32)cn1. The molecule has 0 bridgehead atoms. The molecule has 3 rings (SSSR count). The highest BCUT2D eigenvalue weighted by molar-refractivity contribution is 9.10. The average molecular weight is 306 g/mol. The molecule has 1 aliphatic rings. The first kappa shape index (κ1) is 11.5. The van der Waals surface area contributed by atoms with Gasteiger partial charge in [0.25, 0.3) is 5.91 Å². The lowest BCUT2D eigenvalue weighted by atomic mass is 10.2. The summed E-state index contributed by atoms with van der Waals surface area (Å²) in [6.45, 7) is 0.736. The number of benzene rings is 1. The van der Waals surface area contributed by atoms with Gasteiger partial charge in [-0.25, -0.2) is 0 Å². The summed E-state index contributed by atoms with van der Waals surface area (Å²) >= 11 is 3.45. The Labute approximate surface area is 113 Å². The lowest BCUT2D eigenvalue weighted by Gasteiger charge is -2.16. The van der Waals surface area contributed by atoms with Crippen molar-refractivity contribution in [2.24, 2.45) is 7.05 Å². The molecule has 2 heterocycles. The van der Waals surface area contributed by atoms with Crippen LogP contribution in [0.5, 0.6) is 0 Å². The topological polar surface area (TPSA) is 38.1 Å². The first-order valence-electron chi connectivity index (χ1n) is 5.74. The maximum Gasteiger partial charge on any atom is 0.261 e. The Kier molecular flexibility index (Phi) is 2.70. The van der Waals surface area contributed by atoms with Crippen LogP contribution in [0.1, 0.15) is 15.9 Å². The molecule has 0 N–H and O–H groups in total. The third-order valence-corrected chi connectivity index (χ3v) is 3.63. The zero-order chi connectivity index (χ0) is 12.7. The second-order valence-corrected chi connectivity index (χ2v) is 5.30. The van der Waals surface area contributed by atoms with Crippen molar-refractivity contribution in [1.29, 1.82) is 0 Å². The van der Waals surface area contributed by atoms with E-state index in [0.717, 1.165) is 23.1 Å². The van der Waals surface area contributed by atoms with E-state index in [0.29, 0.717) is 5.56 Å². The molecule has 0 spiro atoms. The minimum Gasteiger partial charge on any atom is -0.308 e. The van der Waals surface area contributed by atoms with Gasteiger partial charge in [0, 0.05) is 29.9 Å². The van der Waals surface area contributed by atoms with Gasteiger partial charge >= 0.3 is 0 Å². The van der Waals surface area contributed by atoms with E-state index in [1.165, 1.54) is 5.56 Å². The lowest BCUT2D eigenvalue weighted by molar-refractivity contribution is 0.0989.